The summed E-state index contributed by atoms with van der Waals surface area (Å²) in [6.45, 7) is 3.22. The Morgan fingerprint density at radius 1 is 1.43 bits per heavy atom. The first-order chi connectivity index (χ1) is 6.76. The Labute approximate surface area is 85.7 Å². The molecule has 14 heavy (non-hydrogen) atoms. The fourth-order valence-electron chi connectivity index (χ4n) is 2.02. The molecule has 1 rings (SSSR count). The van der Waals surface area contributed by atoms with E-state index in [0.717, 1.165) is 13.0 Å². The van der Waals surface area contributed by atoms with Crippen LogP contribution in [0.2, 0.25) is 0 Å². The van der Waals surface area contributed by atoms with E-state index in [4.69, 9.17) is 10.2 Å². The Balaban J connectivity index is 2.16. The third-order valence-electron chi connectivity index (χ3n) is 2.76. The number of aliphatic hydroxyl groups is 2. The molecular weight excluding hydrogens is 180 g/mol. The fraction of sp³-hybridized carbons (Fsp3) is 1.00. The molecule has 1 aliphatic rings. The van der Waals surface area contributed by atoms with Crippen molar-refractivity contribution in [2.45, 2.75) is 44.3 Å². The van der Waals surface area contributed by atoms with Gasteiger partial charge in [0.15, 0.2) is 0 Å². The summed E-state index contributed by atoms with van der Waals surface area (Å²) >= 11 is 0. The van der Waals surface area contributed by atoms with Gasteiger partial charge in [0.25, 0.3) is 0 Å². The molecule has 0 saturated carbocycles. The average molecular weight is 202 g/mol. The number of aliphatic hydroxyl groups excluding tert-OH is 2. The Hall–Kier alpha value is -0.160. The predicted molar refractivity (Wildman–Crippen MR) is 56.2 cm³/mol. The zero-order valence-electron chi connectivity index (χ0n) is 8.87. The highest BCUT2D eigenvalue weighted by molar-refractivity contribution is 4.80. The standard InChI is InChI=1S/C10H22N2O2/c1-8(12-10(6-13)7-14)5-9-3-2-4-11-9/h8-14H,2-7H2,1H3. The van der Waals surface area contributed by atoms with Crippen molar-refractivity contribution in [3.63, 3.8) is 0 Å². The minimum Gasteiger partial charge on any atom is -0.395 e. The van der Waals surface area contributed by atoms with Crippen LogP contribution in [0.15, 0.2) is 0 Å². The van der Waals surface area contributed by atoms with E-state index in [0.29, 0.717) is 12.1 Å². The van der Waals surface area contributed by atoms with Gasteiger partial charge >= 0.3 is 0 Å². The topological polar surface area (TPSA) is 64.5 Å². The van der Waals surface area contributed by atoms with Crippen molar-refractivity contribution in [2.24, 2.45) is 0 Å². The summed E-state index contributed by atoms with van der Waals surface area (Å²) in [5, 5.41) is 24.4. The van der Waals surface area contributed by atoms with Gasteiger partial charge in [-0.05, 0) is 32.7 Å². The van der Waals surface area contributed by atoms with Crippen LogP contribution in [-0.2, 0) is 0 Å². The second-order valence-electron chi connectivity index (χ2n) is 4.16. The molecule has 0 aromatic carbocycles. The first kappa shape index (κ1) is 11.9. The molecule has 0 spiro atoms. The molecule has 0 aromatic heterocycles. The third kappa shape index (κ3) is 3.92. The van der Waals surface area contributed by atoms with Crippen LogP contribution in [0.5, 0.6) is 0 Å². The summed E-state index contributed by atoms with van der Waals surface area (Å²) in [6, 6.07) is 0.775. The Kier molecular flexibility index (Phi) is 5.40. The van der Waals surface area contributed by atoms with E-state index in [1.54, 1.807) is 0 Å². The summed E-state index contributed by atoms with van der Waals surface area (Å²) in [4.78, 5) is 0. The van der Waals surface area contributed by atoms with Gasteiger partial charge in [-0.2, -0.15) is 0 Å². The van der Waals surface area contributed by atoms with E-state index in [1.807, 2.05) is 0 Å². The van der Waals surface area contributed by atoms with E-state index in [-0.39, 0.29) is 19.3 Å². The average Bonchev–Trinajstić information content (AvgIpc) is 2.66. The molecule has 1 heterocycles. The van der Waals surface area contributed by atoms with Crippen LogP contribution in [0, 0.1) is 0 Å². The van der Waals surface area contributed by atoms with Gasteiger partial charge in [0.1, 0.15) is 0 Å². The van der Waals surface area contributed by atoms with E-state index in [9.17, 15) is 0 Å². The molecule has 2 atom stereocenters. The van der Waals surface area contributed by atoms with Crippen LogP contribution in [0.1, 0.15) is 26.2 Å². The minimum atomic E-state index is -0.175. The second-order valence-corrected chi connectivity index (χ2v) is 4.16. The highest BCUT2D eigenvalue weighted by Gasteiger charge is 2.18. The van der Waals surface area contributed by atoms with Crippen molar-refractivity contribution in [1.82, 2.24) is 10.6 Å². The molecule has 0 amide bonds. The van der Waals surface area contributed by atoms with Gasteiger partial charge in [-0.3, -0.25) is 0 Å². The van der Waals surface area contributed by atoms with Crippen molar-refractivity contribution in [3.8, 4) is 0 Å². The predicted octanol–water partition coefficient (Wildman–Crippen LogP) is -0.540. The van der Waals surface area contributed by atoms with Crippen LogP contribution in [-0.4, -0.2) is 48.1 Å². The normalized spacial score (nSPS) is 24.4. The highest BCUT2D eigenvalue weighted by atomic mass is 16.3. The molecule has 84 valence electrons. The SMILES string of the molecule is CC(CC1CCCN1)NC(CO)CO. The molecule has 2 unspecified atom stereocenters. The van der Waals surface area contributed by atoms with Gasteiger partial charge in [0, 0.05) is 12.1 Å². The maximum atomic E-state index is 8.90. The Morgan fingerprint density at radius 2 is 2.14 bits per heavy atom. The Morgan fingerprint density at radius 3 is 2.64 bits per heavy atom. The van der Waals surface area contributed by atoms with Gasteiger partial charge in [0.05, 0.1) is 19.3 Å². The summed E-state index contributed by atoms with van der Waals surface area (Å²) in [5.74, 6) is 0. The highest BCUT2D eigenvalue weighted by Crippen LogP contribution is 2.10. The number of nitrogens with one attached hydrogen (secondary N) is 2. The lowest BCUT2D eigenvalue weighted by Gasteiger charge is -2.22. The number of hydrogen-bond donors (Lipinski definition) is 4. The van der Waals surface area contributed by atoms with Crippen LogP contribution >= 0.6 is 0 Å². The molecule has 0 radical (unpaired) electrons. The number of hydrogen-bond acceptors (Lipinski definition) is 4. The fourth-order valence-corrected chi connectivity index (χ4v) is 2.02. The van der Waals surface area contributed by atoms with Crippen molar-refractivity contribution < 1.29 is 10.2 Å². The van der Waals surface area contributed by atoms with Crippen LogP contribution in [0.4, 0.5) is 0 Å². The molecule has 4 N–H and O–H groups in total. The quantitative estimate of drug-likeness (QED) is 0.467. The largest absolute Gasteiger partial charge is 0.395 e. The van der Waals surface area contributed by atoms with Gasteiger partial charge in [-0.25, -0.2) is 0 Å². The van der Waals surface area contributed by atoms with Crippen LogP contribution in [0.25, 0.3) is 0 Å². The summed E-state index contributed by atoms with van der Waals surface area (Å²) in [5.41, 5.74) is 0. The molecule has 4 nitrogen and oxygen atoms in total. The lowest BCUT2D eigenvalue weighted by atomic mass is 10.1. The Bertz CT molecular complexity index is 141. The third-order valence-corrected chi connectivity index (χ3v) is 2.76. The summed E-state index contributed by atoms with van der Waals surface area (Å²) in [6.07, 6.45) is 3.58. The van der Waals surface area contributed by atoms with Gasteiger partial charge in [-0.1, -0.05) is 0 Å². The van der Waals surface area contributed by atoms with Crippen LogP contribution in [0.3, 0.4) is 0 Å². The first-order valence-corrected chi connectivity index (χ1v) is 5.47. The second kappa shape index (κ2) is 6.35. The zero-order valence-corrected chi connectivity index (χ0v) is 8.87. The molecule has 1 fully saturated rings. The molecule has 0 bridgehead atoms. The van der Waals surface area contributed by atoms with E-state index >= 15 is 0 Å². The summed E-state index contributed by atoms with van der Waals surface area (Å²) < 4.78 is 0. The monoisotopic (exact) mass is 202 g/mol. The van der Waals surface area contributed by atoms with Gasteiger partial charge < -0.3 is 20.8 Å². The maximum absolute atomic E-state index is 8.90. The van der Waals surface area contributed by atoms with Crippen LogP contribution < -0.4 is 10.6 Å². The lowest BCUT2D eigenvalue weighted by molar-refractivity contribution is 0.161. The molecule has 1 aliphatic heterocycles. The van der Waals surface area contributed by atoms with Crippen molar-refractivity contribution >= 4 is 0 Å². The lowest BCUT2D eigenvalue weighted by Crippen LogP contribution is -2.43. The number of rotatable bonds is 6. The molecular formula is C10H22N2O2. The zero-order chi connectivity index (χ0) is 10.4. The smallest absolute Gasteiger partial charge is 0.0607 e. The van der Waals surface area contributed by atoms with Crippen molar-refractivity contribution in [3.05, 3.63) is 0 Å². The molecule has 0 aliphatic carbocycles. The van der Waals surface area contributed by atoms with Gasteiger partial charge in [0.2, 0.25) is 0 Å². The van der Waals surface area contributed by atoms with Crippen molar-refractivity contribution in [2.75, 3.05) is 19.8 Å². The van der Waals surface area contributed by atoms with E-state index in [1.165, 1.54) is 12.8 Å². The first-order valence-electron chi connectivity index (χ1n) is 5.47. The molecule has 4 heteroatoms. The molecule has 0 aromatic rings. The minimum absolute atomic E-state index is 0.00106. The maximum Gasteiger partial charge on any atom is 0.0607 e. The van der Waals surface area contributed by atoms with E-state index in [2.05, 4.69) is 17.6 Å². The molecule has 1 saturated heterocycles. The van der Waals surface area contributed by atoms with E-state index < -0.39 is 0 Å². The summed E-state index contributed by atoms with van der Waals surface area (Å²) in [7, 11) is 0. The van der Waals surface area contributed by atoms with Crippen molar-refractivity contribution in [1.29, 1.82) is 0 Å². The van der Waals surface area contributed by atoms with Gasteiger partial charge in [-0.15, -0.1) is 0 Å².